The molecule has 0 bridgehead atoms. The number of hydrogen-bond acceptors (Lipinski definition) is 4. The standard InChI is InChI=1S/C38H42ClN3O4S/c1-27-13-21-35(22-14-27)47(45,46)42(34-20-15-28(2)29(3)23-34)26-37(43)41(25-31-16-18-32(39)19-17-31)36(24-30-9-5-4-6-10-30)38(44)40-33-11-7-8-12-33/h4-6,9-10,13-23,33,36H,7-8,11-12,24-26H2,1-3H3,(H,40,44)/t36-/m1/s1. The van der Waals surface area contributed by atoms with E-state index in [1.807, 2.05) is 69.3 Å². The molecule has 47 heavy (non-hydrogen) atoms. The number of carbonyl (C=O) groups is 2. The number of aryl methyl sites for hydroxylation is 3. The van der Waals surface area contributed by atoms with Crippen molar-refractivity contribution in [1.29, 1.82) is 0 Å². The maximum Gasteiger partial charge on any atom is 0.264 e. The molecule has 4 aromatic carbocycles. The van der Waals surface area contributed by atoms with Gasteiger partial charge < -0.3 is 10.2 Å². The second-order valence-electron chi connectivity index (χ2n) is 12.4. The first-order chi connectivity index (χ1) is 22.5. The highest BCUT2D eigenvalue weighted by Gasteiger charge is 2.35. The SMILES string of the molecule is Cc1ccc(S(=O)(=O)N(CC(=O)N(Cc2ccc(Cl)cc2)[C@H](Cc2ccccc2)C(=O)NC2CCCC2)c2ccc(C)c(C)c2)cc1. The molecule has 1 aliphatic carbocycles. The Labute approximate surface area is 283 Å². The smallest absolute Gasteiger partial charge is 0.264 e. The third kappa shape index (κ3) is 8.62. The number of benzene rings is 4. The monoisotopic (exact) mass is 671 g/mol. The van der Waals surface area contributed by atoms with Gasteiger partial charge in [0.15, 0.2) is 0 Å². The maximum absolute atomic E-state index is 14.7. The molecule has 0 radical (unpaired) electrons. The van der Waals surface area contributed by atoms with Gasteiger partial charge in [0, 0.05) is 24.0 Å². The van der Waals surface area contributed by atoms with Crippen molar-refractivity contribution in [1.82, 2.24) is 10.2 Å². The summed E-state index contributed by atoms with van der Waals surface area (Å²) in [7, 11) is -4.16. The molecule has 0 aliphatic heterocycles. The summed E-state index contributed by atoms with van der Waals surface area (Å²) in [6.07, 6.45) is 4.15. The Bertz CT molecular complexity index is 1790. The first-order valence-corrected chi connectivity index (χ1v) is 17.9. The van der Waals surface area contributed by atoms with Crippen molar-refractivity contribution in [3.63, 3.8) is 0 Å². The summed E-state index contributed by atoms with van der Waals surface area (Å²) in [6, 6.07) is 27.8. The lowest BCUT2D eigenvalue weighted by molar-refractivity contribution is -0.140. The van der Waals surface area contributed by atoms with Crippen LogP contribution in [0, 0.1) is 20.8 Å². The van der Waals surface area contributed by atoms with Gasteiger partial charge in [-0.2, -0.15) is 0 Å². The minimum absolute atomic E-state index is 0.0437. The summed E-state index contributed by atoms with van der Waals surface area (Å²) < 4.78 is 29.7. The minimum Gasteiger partial charge on any atom is -0.352 e. The number of nitrogens with one attached hydrogen (secondary N) is 1. The van der Waals surface area contributed by atoms with Gasteiger partial charge in [-0.15, -0.1) is 0 Å². The molecule has 0 aromatic heterocycles. The Morgan fingerprint density at radius 1 is 0.830 bits per heavy atom. The number of rotatable bonds is 12. The molecule has 246 valence electrons. The average molecular weight is 672 g/mol. The molecule has 5 rings (SSSR count). The molecule has 1 fully saturated rings. The highest BCUT2D eigenvalue weighted by atomic mass is 35.5. The number of sulfonamides is 1. The molecular weight excluding hydrogens is 630 g/mol. The largest absolute Gasteiger partial charge is 0.352 e. The van der Waals surface area contributed by atoms with Crippen LogP contribution in [0.3, 0.4) is 0 Å². The van der Waals surface area contributed by atoms with Crippen molar-refractivity contribution in [2.45, 2.75) is 76.4 Å². The highest BCUT2D eigenvalue weighted by Crippen LogP contribution is 2.28. The topological polar surface area (TPSA) is 86.8 Å². The predicted molar refractivity (Wildman–Crippen MR) is 188 cm³/mol. The summed E-state index contributed by atoms with van der Waals surface area (Å²) in [6.45, 7) is 5.35. The van der Waals surface area contributed by atoms with E-state index in [0.29, 0.717) is 10.7 Å². The maximum atomic E-state index is 14.7. The minimum atomic E-state index is -4.16. The molecule has 4 aromatic rings. The lowest BCUT2D eigenvalue weighted by Gasteiger charge is -2.34. The van der Waals surface area contributed by atoms with Gasteiger partial charge in [0.2, 0.25) is 11.8 Å². The van der Waals surface area contributed by atoms with E-state index in [4.69, 9.17) is 11.6 Å². The molecule has 1 aliphatic rings. The van der Waals surface area contributed by atoms with E-state index in [1.165, 1.54) is 4.90 Å². The van der Waals surface area contributed by atoms with E-state index in [1.54, 1.807) is 48.5 Å². The zero-order valence-corrected chi connectivity index (χ0v) is 28.7. The van der Waals surface area contributed by atoms with E-state index < -0.39 is 28.5 Å². The summed E-state index contributed by atoms with van der Waals surface area (Å²) in [5, 5.41) is 3.76. The van der Waals surface area contributed by atoms with Crippen molar-refractivity contribution in [3.05, 3.63) is 130 Å². The van der Waals surface area contributed by atoms with E-state index in [0.717, 1.165) is 57.8 Å². The summed E-state index contributed by atoms with van der Waals surface area (Å²) in [5.74, 6) is -0.737. The van der Waals surface area contributed by atoms with Crippen LogP contribution in [0.4, 0.5) is 5.69 Å². The first-order valence-electron chi connectivity index (χ1n) is 16.1. The molecule has 9 heteroatoms. The Balaban J connectivity index is 1.57. The van der Waals surface area contributed by atoms with Crippen molar-refractivity contribution in [3.8, 4) is 0 Å². The second-order valence-corrected chi connectivity index (χ2v) is 14.7. The number of carbonyl (C=O) groups excluding carboxylic acids is 2. The number of amides is 2. The van der Waals surface area contributed by atoms with Crippen molar-refractivity contribution < 1.29 is 18.0 Å². The molecule has 1 saturated carbocycles. The fourth-order valence-corrected chi connectivity index (χ4v) is 7.49. The average Bonchev–Trinajstić information content (AvgIpc) is 3.57. The fourth-order valence-electron chi connectivity index (χ4n) is 5.95. The van der Waals surface area contributed by atoms with Gasteiger partial charge in [-0.25, -0.2) is 8.42 Å². The lowest BCUT2D eigenvalue weighted by Crippen LogP contribution is -2.54. The van der Waals surface area contributed by atoms with Crippen LogP contribution < -0.4 is 9.62 Å². The van der Waals surface area contributed by atoms with Gasteiger partial charge in [0.05, 0.1) is 10.6 Å². The predicted octanol–water partition coefficient (Wildman–Crippen LogP) is 7.16. The third-order valence-electron chi connectivity index (χ3n) is 8.91. The van der Waals surface area contributed by atoms with E-state index in [9.17, 15) is 18.0 Å². The van der Waals surface area contributed by atoms with Crippen LogP contribution in [-0.4, -0.2) is 43.8 Å². The number of anilines is 1. The van der Waals surface area contributed by atoms with Crippen LogP contribution in [0.2, 0.25) is 5.02 Å². The van der Waals surface area contributed by atoms with Gasteiger partial charge in [0.1, 0.15) is 12.6 Å². The van der Waals surface area contributed by atoms with Gasteiger partial charge in [0.25, 0.3) is 10.0 Å². The fraction of sp³-hybridized carbons (Fsp3) is 0.316. The zero-order valence-electron chi connectivity index (χ0n) is 27.2. The number of nitrogens with zero attached hydrogens (tertiary/aromatic N) is 2. The zero-order chi connectivity index (χ0) is 33.6. The van der Waals surface area contributed by atoms with Crippen LogP contribution in [0.15, 0.2) is 102 Å². The third-order valence-corrected chi connectivity index (χ3v) is 10.9. The quantitative estimate of drug-likeness (QED) is 0.173. The van der Waals surface area contributed by atoms with Gasteiger partial charge >= 0.3 is 0 Å². The first kappa shape index (κ1) is 34.2. The highest BCUT2D eigenvalue weighted by molar-refractivity contribution is 7.92. The number of hydrogen-bond donors (Lipinski definition) is 1. The van der Waals surface area contributed by atoms with Crippen LogP contribution in [0.1, 0.15) is 53.5 Å². The molecule has 2 amide bonds. The lowest BCUT2D eigenvalue weighted by atomic mass is 10.0. The van der Waals surface area contributed by atoms with Crippen molar-refractivity contribution in [2.75, 3.05) is 10.8 Å². The Hall–Kier alpha value is -4.14. The molecule has 0 saturated heterocycles. The summed E-state index contributed by atoms with van der Waals surface area (Å²) >= 11 is 6.19. The Morgan fingerprint density at radius 3 is 2.13 bits per heavy atom. The van der Waals surface area contributed by atoms with Gasteiger partial charge in [-0.1, -0.05) is 90.7 Å². The molecular formula is C38H42ClN3O4S. The molecule has 7 nitrogen and oxygen atoms in total. The van der Waals surface area contributed by atoms with Gasteiger partial charge in [-0.3, -0.25) is 13.9 Å². The summed E-state index contributed by atoms with van der Waals surface area (Å²) in [5.41, 5.74) is 4.87. The van der Waals surface area contributed by atoms with Crippen LogP contribution in [0.25, 0.3) is 0 Å². The van der Waals surface area contributed by atoms with E-state index in [2.05, 4.69) is 5.32 Å². The molecule has 0 spiro atoms. The molecule has 0 unspecified atom stereocenters. The molecule has 1 atom stereocenters. The molecule has 0 heterocycles. The van der Waals surface area contributed by atoms with Crippen molar-refractivity contribution >= 4 is 39.1 Å². The normalized spacial score (nSPS) is 14.0. The van der Waals surface area contributed by atoms with Crippen molar-refractivity contribution in [2.24, 2.45) is 0 Å². The number of halogens is 1. The van der Waals surface area contributed by atoms with Gasteiger partial charge in [-0.05, 0) is 92.3 Å². The van der Waals surface area contributed by atoms with Crippen LogP contribution in [-0.2, 0) is 32.6 Å². The van der Waals surface area contributed by atoms with Crippen LogP contribution >= 0.6 is 11.6 Å². The molecule has 1 N–H and O–H groups in total. The Kier molecular flexibility index (Phi) is 11.0. The van der Waals surface area contributed by atoms with E-state index >= 15 is 0 Å². The van der Waals surface area contributed by atoms with Crippen LogP contribution in [0.5, 0.6) is 0 Å². The second kappa shape index (κ2) is 15.2. The summed E-state index contributed by atoms with van der Waals surface area (Å²) in [4.78, 5) is 30.4. The Morgan fingerprint density at radius 2 is 1.49 bits per heavy atom. The van der Waals surface area contributed by atoms with E-state index in [-0.39, 0.29) is 29.8 Å².